The molecule has 0 bridgehead atoms. The van der Waals surface area contributed by atoms with Crippen molar-refractivity contribution in [2.75, 3.05) is 25.6 Å². The summed E-state index contributed by atoms with van der Waals surface area (Å²) in [7, 11) is 1.68. The summed E-state index contributed by atoms with van der Waals surface area (Å²) in [5.41, 5.74) is 2.15. The minimum absolute atomic E-state index is 0.148. The number of rotatable bonds is 3. The molecule has 18 heavy (non-hydrogen) atoms. The van der Waals surface area contributed by atoms with Crippen LogP contribution in [0.5, 0.6) is 5.75 Å². The van der Waals surface area contributed by atoms with Crippen molar-refractivity contribution in [3.63, 3.8) is 0 Å². The van der Waals surface area contributed by atoms with Gasteiger partial charge < -0.3 is 19.5 Å². The van der Waals surface area contributed by atoms with Gasteiger partial charge in [-0.05, 0) is 38.5 Å². The van der Waals surface area contributed by atoms with Gasteiger partial charge in [-0.15, -0.1) is 0 Å². The van der Waals surface area contributed by atoms with Gasteiger partial charge >= 0.3 is 0 Å². The molecule has 0 aliphatic carbocycles. The Morgan fingerprint density at radius 2 is 1.94 bits per heavy atom. The smallest absolute Gasteiger partial charge is 0.162 e. The van der Waals surface area contributed by atoms with Crippen molar-refractivity contribution in [2.24, 2.45) is 0 Å². The second kappa shape index (κ2) is 5.16. The van der Waals surface area contributed by atoms with Crippen LogP contribution in [0.3, 0.4) is 0 Å². The van der Waals surface area contributed by atoms with Gasteiger partial charge in [0.05, 0.1) is 32.1 Å². The number of hydrogen-bond donors (Lipinski definition) is 1. The van der Waals surface area contributed by atoms with Crippen LogP contribution in [0.1, 0.15) is 19.4 Å². The molecule has 1 saturated heterocycles. The molecule has 0 spiro atoms. The van der Waals surface area contributed by atoms with Crippen molar-refractivity contribution in [2.45, 2.75) is 32.6 Å². The van der Waals surface area contributed by atoms with E-state index in [0.29, 0.717) is 13.2 Å². The fraction of sp³-hybridized carbons (Fsp3) is 0.571. The second-order valence-corrected chi connectivity index (χ2v) is 5.07. The van der Waals surface area contributed by atoms with E-state index >= 15 is 0 Å². The Hall–Kier alpha value is -1.26. The molecule has 0 saturated carbocycles. The first-order chi connectivity index (χ1) is 8.50. The zero-order valence-electron chi connectivity index (χ0n) is 11.4. The Morgan fingerprint density at radius 1 is 1.28 bits per heavy atom. The lowest BCUT2D eigenvalue weighted by Crippen LogP contribution is -2.45. The molecule has 1 N–H and O–H groups in total. The lowest BCUT2D eigenvalue weighted by atomic mass is 10.2. The zero-order valence-corrected chi connectivity index (χ0v) is 11.4. The Labute approximate surface area is 108 Å². The molecule has 0 amide bonds. The first-order valence-electron chi connectivity index (χ1n) is 6.19. The van der Waals surface area contributed by atoms with Gasteiger partial charge in [0.1, 0.15) is 5.75 Å². The molecule has 4 heteroatoms. The molecule has 1 heterocycles. The van der Waals surface area contributed by atoms with E-state index in [1.807, 2.05) is 32.9 Å². The van der Waals surface area contributed by atoms with Crippen LogP contribution in [0, 0.1) is 6.92 Å². The minimum Gasteiger partial charge on any atom is -0.495 e. The zero-order chi connectivity index (χ0) is 13.2. The number of hydrogen-bond acceptors (Lipinski definition) is 4. The van der Waals surface area contributed by atoms with Gasteiger partial charge in [-0.3, -0.25) is 0 Å². The van der Waals surface area contributed by atoms with Crippen LogP contribution in [0.4, 0.5) is 5.69 Å². The normalized spacial score (nSPS) is 19.6. The van der Waals surface area contributed by atoms with E-state index in [1.165, 1.54) is 5.56 Å². The lowest BCUT2D eigenvalue weighted by molar-refractivity contribution is -0.247. The van der Waals surface area contributed by atoms with Crippen molar-refractivity contribution < 1.29 is 14.2 Å². The molecule has 0 unspecified atom stereocenters. The molecule has 1 fully saturated rings. The highest BCUT2D eigenvalue weighted by molar-refractivity contribution is 5.58. The quantitative estimate of drug-likeness (QED) is 0.896. The van der Waals surface area contributed by atoms with E-state index in [9.17, 15) is 0 Å². The van der Waals surface area contributed by atoms with Crippen molar-refractivity contribution in [3.05, 3.63) is 23.8 Å². The topological polar surface area (TPSA) is 39.7 Å². The molecule has 0 aromatic heterocycles. The van der Waals surface area contributed by atoms with Crippen LogP contribution in [0.2, 0.25) is 0 Å². The summed E-state index contributed by atoms with van der Waals surface area (Å²) in [6.45, 7) is 7.15. The van der Waals surface area contributed by atoms with E-state index in [2.05, 4.69) is 11.4 Å². The third-order valence-corrected chi connectivity index (χ3v) is 2.98. The average molecular weight is 251 g/mol. The van der Waals surface area contributed by atoms with E-state index in [0.717, 1.165) is 11.4 Å². The highest BCUT2D eigenvalue weighted by Crippen LogP contribution is 2.27. The summed E-state index contributed by atoms with van der Waals surface area (Å²) in [5.74, 6) is 0.370. The summed E-state index contributed by atoms with van der Waals surface area (Å²) in [6, 6.07) is 6.24. The molecule has 100 valence electrons. The molecule has 0 atom stereocenters. The van der Waals surface area contributed by atoms with Crippen LogP contribution in [0.15, 0.2) is 18.2 Å². The molecule has 1 aliphatic heterocycles. The van der Waals surface area contributed by atoms with Crippen molar-refractivity contribution in [1.82, 2.24) is 0 Å². The first-order valence-corrected chi connectivity index (χ1v) is 6.19. The fourth-order valence-corrected chi connectivity index (χ4v) is 1.91. The molecule has 1 aromatic rings. The van der Waals surface area contributed by atoms with Gasteiger partial charge in [0, 0.05) is 0 Å². The monoisotopic (exact) mass is 251 g/mol. The molecule has 2 rings (SSSR count). The third-order valence-electron chi connectivity index (χ3n) is 2.98. The molecular formula is C14H21NO3. The molecular weight excluding hydrogens is 230 g/mol. The number of aryl methyl sites for hydroxylation is 1. The maximum Gasteiger partial charge on any atom is 0.162 e. The highest BCUT2D eigenvalue weighted by Gasteiger charge is 2.28. The van der Waals surface area contributed by atoms with Gasteiger partial charge in [-0.1, -0.05) is 6.07 Å². The van der Waals surface area contributed by atoms with E-state index in [4.69, 9.17) is 14.2 Å². The van der Waals surface area contributed by atoms with Crippen molar-refractivity contribution >= 4 is 5.69 Å². The molecule has 4 nitrogen and oxygen atoms in total. The molecule has 1 aliphatic rings. The standard InChI is InChI=1S/C14H21NO3/c1-10-5-6-12(13(7-10)16-4)15-11-8-17-14(2,3)18-9-11/h5-7,11,15H,8-9H2,1-4H3. The van der Waals surface area contributed by atoms with Gasteiger partial charge in [-0.2, -0.15) is 0 Å². The van der Waals surface area contributed by atoms with Crippen LogP contribution >= 0.6 is 0 Å². The Bertz CT molecular complexity index is 408. The Kier molecular flexibility index (Phi) is 3.78. The Balaban J connectivity index is 2.02. The summed E-state index contributed by atoms with van der Waals surface area (Å²) in [6.07, 6.45) is 0. The minimum atomic E-state index is -0.477. The largest absolute Gasteiger partial charge is 0.495 e. The predicted octanol–water partition coefficient (Wildman–Crippen LogP) is 2.57. The molecule has 1 aromatic carbocycles. The second-order valence-electron chi connectivity index (χ2n) is 5.07. The Morgan fingerprint density at radius 3 is 2.56 bits per heavy atom. The van der Waals surface area contributed by atoms with Crippen LogP contribution in [0.25, 0.3) is 0 Å². The summed E-state index contributed by atoms with van der Waals surface area (Å²) in [5, 5.41) is 3.39. The average Bonchev–Trinajstić information content (AvgIpc) is 2.34. The summed E-state index contributed by atoms with van der Waals surface area (Å²) < 4.78 is 16.6. The van der Waals surface area contributed by atoms with E-state index in [-0.39, 0.29) is 6.04 Å². The van der Waals surface area contributed by atoms with Crippen LogP contribution in [-0.4, -0.2) is 32.2 Å². The fourth-order valence-electron chi connectivity index (χ4n) is 1.91. The van der Waals surface area contributed by atoms with Crippen molar-refractivity contribution in [3.8, 4) is 5.75 Å². The van der Waals surface area contributed by atoms with E-state index in [1.54, 1.807) is 7.11 Å². The number of nitrogens with one attached hydrogen (secondary N) is 1. The lowest BCUT2D eigenvalue weighted by Gasteiger charge is -2.35. The van der Waals surface area contributed by atoms with Crippen LogP contribution < -0.4 is 10.1 Å². The summed E-state index contributed by atoms with van der Waals surface area (Å²) in [4.78, 5) is 0. The van der Waals surface area contributed by atoms with Gasteiger partial charge in [0.2, 0.25) is 0 Å². The molecule has 0 radical (unpaired) electrons. The number of anilines is 1. The van der Waals surface area contributed by atoms with E-state index < -0.39 is 5.79 Å². The maximum atomic E-state index is 5.62. The van der Waals surface area contributed by atoms with Gasteiger partial charge in [0.15, 0.2) is 5.79 Å². The summed E-state index contributed by atoms with van der Waals surface area (Å²) >= 11 is 0. The first kappa shape index (κ1) is 13.2. The SMILES string of the molecule is COc1cc(C)ccc1NC1COC(C)(C)OC1. The maximum absolute atomic E-state index is 5.62. The van der Waals surface area contributed by atoms with Crippen molar-refractivity contribution in [1.29, 1.82) is 0 Å². The predicted molar refractivity (Wildman–Crippen MR) is 71.1 cm³/mol. The van der Waals surface area contributed by atoms with Crippen LogP contribution in [-0.2, 0) is 9.47 Å². The van der Waals surface area contributed by atoms with Gasteiger partial charge in [0.25, 0.3) is 0 Å². The third kappa shape index (κ3) is 3.15. The number of ether oxygens (including phenoxy) is 3. The number of methoxy groups -OCH3 is 1. The highest BCUT2D eigenvalue weighted by atomic mass is 16.7. The number of benzene rings is 1. The van der Waals surface area contributed by atoms with Gasteiger partial charge in [-0.25, -0.2) is 0 Å².